The van der Waals surface area contributed by atoms with Crippen molar-refractivity contribution >= 4 is 17.5 Å². The molecule has 0 radical (unpaired) electrons. The highest BCUT2D eigenvalue weighted by Crippen LogP contribution is 2.27. The van der Waals surface area contributed by atoms with Crippen molar-refractivity contribution in [2.45, 2.75) is 25.2 Å². The van der Waals surface area contributed by atoms with Gasteiger partial charge >= 0.3 is 0 Å². The fourth-order valence-corrected chi connectivity index (χ4v) is 3.67. The Morgan fingerprint density at radius 1 is 1.10 bits per heavy atom. The molecule has 0 bridgehead atoms. The zero-order valence-electron chi connectivity index (χ0n) is 16.1. The second-order valence-corrected chi connectivity index (χ2v) is 7.24. The molecule has 1 saturated heterocycles. The molecule has 1 N–H and O–H groups in total. The van der Waals surface area contributed by atoms with Crippen LogP contribution >= 0.6 is 0 Å². The van der Waals surface area contributed by atoms with Crippen LogP contribution in [0.25, 0.3) is 0 Å². The van der Waals surface area contributed by atoms with Crippen molar-refractivity contribution in [3.63, 3.8) is 0 Å². The van der Waals surface area contributed by atoms with E-state index in [-0.39, 0.29) is 24.1 Å². The Labute approximate surface area is 169 Å². The van der Waals surface area contributed by atoms with Gasteiger partial charge in [0.25, 0.3) is 0 Å². The maximum atomic E-state index is 13.9. The Morgan fingerprint density at radius 2 is 1.90 bits per heavy atom. The first-order valence-electron chi connectivity index (χ1n) is 9.85. The lowest BCUT2D eigenvalue weighted by molar-refractivity contribution is -0.131. The van der Waals surface area contributed by atoms with Crippen molar-refractivity contribution in [2.75, 3.05) is 18.4 Å². The molecule has 1 amide bonds. The fraction of sp³-hybridized carbons (Fsp3) is 0.261. The monoisotopic (exact) mass is 390 g/mol. The van der Waals surface area contributed by atoms with Gasteiger partial charge in [0.15, 0.2) is 0 Å². The number of hydrogen-bond donors (Lipinski definition) is 1. The number of amides is 1. The summed E-state index contributed by atoms with van der Waals surface area (Å²) in [5.41, 5.74) is 2.29. The van der Waals surface area contributed by atoms with Crippen molar-refractivity contribution in [3.05, 3.63) is 83.9 Å². The van der Waals surface area contributed by atoms with E-state index < -0.39 is 0 Å². The third kappa shape index (κ3) is 4.77. The summed E-state index contributed by atoms with van der Waals surface area (Å²) in [7, 11) is 0. The lowest BCUT2D eigenvalue weighted by Crippen LogP contribution is -2.40. The Morgan fingerprint density at radius 3 is 2.72 bits per heavy atom. The van der Waals surface area contributed by atoms with Crippen LogP contribution in [0.5, 0.6) is 0 Å². The minimum absolute atomic E-state index is 0.0449. The number of nitrogens with zero attached hydrogens (tertiary/aromatic N) is 3. The summed E-state index contributed by atoms with van der Waals surface area (Å²) >= 11 is 0. The Hall–Kier alpha value is -3.28. The summed E-state index contributed by atoms with van der Waals surface area (Å²) in [4.78, 5) is 23.5. The van der Waals surface area contributed by atoms with Crippen molar-refractivity contribution in [3.8, 4) is 0 Å². The molecule has 29 heavy (non-hydrogen) atoms. The van der Waals surface area contributed by atoms with Gasteiger partial charge < -0.3 is 10.2 Å². The molecule has 3 aromatic rings. The number of para-hydroxylation sites is 1. The van der Waals surface area contributed by atoms with Crippen LogP contribution in [0.1, 0.15) is 30.0 Å². The molecule has 6 heteroatoms. The van der Waals surface area contributed by atoms with Crippen LogP contribution in [0, 0.1) is 5.82 Å². The number of benzene rings is 2. The molecular formula is C23H23FN4O. The van der Waals surface area contributed by atoms with Gasteiger partial charge in [-0.3, -0.25) is 4.79 Å². The maximum absolute atomic E-state index is 13.9. The molecule has 0 aliphatic carbocycles. The summed E-state index contributed by atoms with van der Waals surface area (Å²) in [6.07, 6.45) is 3.70. The highest BCUT2D eigenvalue weighted by molar-refractivity contribution is 5.79. The smallest absolute Gasteiger partial charge is 0.227 e. The van der Waals surface area contributed by atoms with Crippen LogP contribution in [0.4, 0.5) is 16.0 Å². The zero-order valence-corrected chi connectivity index (χ0v) is 16.1. The van der Waals surface area contributed by atoms with Crippen LogP contribution in [0.3, 0.4) is 0 Å². The standard InChI is InChI=1S/C23H23FN4O/c24-20-11-5-4-7-17(20)15-22(29)28-14-6-8-18(16-28)21-12-13-25-23(27-21)26-19-9-2-1-3-10-19/h1-5,7,9-13,18H,6,8,14-16H2,(H,25,26,27)/t18-/m0/s1. The summed E-state index contributed by atoms with van der Waals surface area (Å²) in [5.74, 6) is 0.314. The van der Waals surface area contributed by atoms with Crippen LogP contribution in [0.15, 0.2) is 66.9 Å². The molecule has 2 heterocycles. The van der Waals surface area contributed by atoms with E-state index in [4.69, 9.17) is 0 Å². The second-order valence-electron chi connectivity index (χ2n) is 7.24. The van der Waals surface area contributed by atoms with Gasteiger partial charge in [0, 0.05) is 30.9 Å². The number of nitrogens with one attached hydrogen (secondary N) is 1. The van der Waals surface area contributed by atoms with Crippen LogP contribution in [-0.4, -0.2) is 33.9 Å². The van der Waals surface area contributed by atoms with Crippen molar-refractivity contribution in [1.82, 2.24) is 14.9 Å². The van der Waals surface area contributed by atoms with Crippen LogP contribution < -0.4 is 5.32 Å². The van der Waals surface area contributed by atoms with Gasteiger partial charge in [-0.15, -0.1) is 0 Å². The van der Waals surface area contributed by atoms with Gasteiger partial charge in [-0.2, -0.15) is 0 Å². The van der Waals surface area contributed by atoms with Crippen molar-refractivity contribution in [2.24, 2.45) is 0 Å². The second kappa shape index (κ2) is 8.82. The summed E-state index contributed by atoms with van der Waals surface area (Å²) in [5, 5.41) is 3.21. The van der Waals surface area contributed by atoms with E-state index in [1.54, 1.807) is 24.4 Å². The molecular weight excluding hydrogens is 367 g/mol. The molecule has 1 aromatic heterocycles. The number of anilines is 2. The van der Waals surface area contributed by atoms with Crippen molar-refractivity contribution < 1.29 is 9.18 Å². The Balaban J connectivity index is 1.43. The van der Waals surface area contributed by atoms with Gasteiger partial charge in [0.05, 0.1) is 12.1 Å². The van der Waals surface area contributed by atoms with Gasteiger partial charge in [-0.1, -0.05) is 36.4 Å². The number of likely N-dealkylation sites (tertiary alicyclic amines) is 1. The van der Waals surface area contributed by atoms with E-state index in [1.165, 1.54) is 6.07 Å². The average molecular weight is 390 g/mol. The maximum Gasteiger partial charge on any atom is 0.227 e. The molecule has 0 spiro atoms. The number of carbonyl (C=O) groups is 1. The van der Waals surface area contributed by atoms with Gasteiger partial charge in [-0.05, 0) is 42.7 Å². The predicted octanol–water partition coefficient (Wildman–Crippen LogP) is 4.31. The number of aromatic nitrogens is 2. The van der Waals surface area contributed by atoms with Gasteiger partial charge in [0.1, 0.15) is 5.82 Å². The minimum atomic E-state index is -0.332. The number of rotatable bonds is 5. The van der Waals surface area contributed by atoms with Gasteiger partial charge in [-0.25, -0.2) is 14.4 Å². The molecule has 1 fully saturated rings. The van der Waals surface area contributed by atoms with Crippen molar-refractivity contribution in [1.29, 1.82) is 0 Å². The largest absolute Gasteiger partial charge is 0.342 e. The molecule has 1 aliphatic heterocycles. The number of piperidine rings is 1. The van der Waals surface area contributed by atoms with Crippen LogP contribution in [0.2, 0.25) is 0 Å². The molecule has 0 unspecified atom stereocenters. The van der Waals surface area contributed by atoms with E-state index >= 15 is 0 Å². The molecule has 148 valence electrons. The molecule has 1 atom stereocenters. The quantitative estimate of drug-likeness (QED) is 0.705. The predicted molar refractivity (Wildman–Crippen MR) is 110 cm³/mol. The lowest BCUT2D eigenvalue weighted by Gasteiger charge is -2.32. The number of halogens is 1. The SMILES string of the molecule is O=C(Cc1ccccc1F)N1CCC[C@H](c2ccnc(Nc3ccccc3)n2)C1. The topological polar surface area (TPSA) is 58.1 Å². The van der Waals surface area contributed by atoms with E-state index in [0.29, 0.717) is 24.6 Å². The molecule has 4 rings (SSSR count). The molecule has 0 saturated carbocycles. The van der Waals surface area contributed by atoms with E-state index in [1.807, 2.05) is 41.3 Å². The third-order valence-electron chi connectivity index (χ3n) is 5.20. The van der Waals surface area contributed by atoms with Gasteiger partial charge in [0.2, 0.25) is 11.9 Å². The average Bonchev–Trinajstić information content (AvgIpc) is 2.76. The Bertz CT molecular complexity index is 979. The van der Waals surface area contributed by atoms with E-state index in [2.05, 4.69) is 15.3 Å². The first kappa shape index (κ1) is 19.1. The fourth-order valence-electron chi connectivity index (χ4n) is 3.67. The molecule has 2 aromatic carbocycles. The summed E-state index contributed by atoms with van der Waals surface area (Å²) in [6.45, 7) is 1.29. The van der Waals surface area contributed by atoms with E-state index in [9.17, 15) is 9.18 Å². The first-order valence-corrected chi connectivity index (χ1v) is 9.85. The first-order chi connectivity index (χ1) is 14.2. The summed E-state index contributed by atoms with van der Waals surface area (Å²) in [6, 6.07) is 18.1. The highest BCUT2D eigenvalue weighted by atomic mass is 19.1. The van der Waals surface area contributed by atoms with E-state index in [0.717, 1.165) is 24.2 Å². The third-order valence-corrected chi connectivity index (χ3v) is 5.20. The number of carbonyl (C=O) groups excluding carboxylic acids is 1. The Kier molecular flexibility index (Phi) is 5.79. The van der Waals surface area contributed by atoms with Crippen LogP contribution in [-0.2, 0) is 11.2 Å². The minimum Gasteiger partial charge on any atom is -0.342 e. The molecule has 1 aliphatic rings. The summed E-state index contributed by atoms with van der Waals surface area (Å²) < 4.78 is 13.9. The number of hydrogen-bond acceptors (Lipinski definition) is 4. The zero-order chi connectivity index (χ0) is 20.1. The normalized spacial score (nSPS) is 16.4. The lowest BCUT2D eigenvalue weighted by atomic mass is 9.94. The molecule has 5 nitrogen and oxygen atoms in total. The highest BCUT2D eigenvalue weighted by Gasteiger charge is 2.26.